The van der Waals surface area contributed by atoms with E-state index in [1.165, 1.54) is 5.56 Å². The van der Waals surface area contributed by atoms with Crippen LogP contribution in [0.1, 0.15) is 52.0 Å². The van der Waals surface area contributed by atoms with Crippen LogP contribution in [0.3, 0.4) is 0 Å². The van der Waals surface area contributed by atoms with Gasteiger partial charge in [0.05, 0.1) is 6.10 Å². The van der Waals surface area contributed by atoms with Gasteiger partial charge in [-0.15, -0.1) is 0 Å². The fourth-order valence-electron chi connectivity index (χ4n) is 2.42. The zero-order valence-electron chi connectivity index (χ0n) is 11.6. The van der Waals surface area contributed by atoms with Crippen molar-refractivity contribution in [2.75, 3.05) is 0 Å². The second-order valence-electron chi connectivity index (χ2n) is 6.28. The van der Waals surface area contributed by atoms with E-state index in [9.17, 15) is 5.11 Å². The van der Waals surface area contributed by atoms with Crippen LogP contribution in [0.25, 0.3) is 0 Å². The number of hydrogen-bond donors (Lipinski definition) is 1. The van der Waals surface area contributed by atoms with Gasteiger partial charge in [0.2, 0.25) is 0 Å². The number of benzene rings is 1. The topological polar surface area (TPSA) is 29.5 Å². The lowest BCUT2D eigenvalue weighted by atomic mass is 9.87. The molecule has 0 amide bonds. The standard InChI is InChI=1S/C16H24O2/c1-16(2,3)12-8-10-13(11-9-12)18-15-7-5-4-6-14(15)17/h8-11,14-15,17H,4-7H2,1-3H3/t14-,15+/m1/s1. The van der Waals surface area contributed by atoms with Gasteiger partial charge in [0, 0.05) is 0 Å². The maximum Gasteiger partial charge on any atom is 0.124 e. The molecule has 1 aliphatic carbocycles. The Morgan fingerprint density at radius 3 is 2.22 bits per heavy atom. The zero-order chi connectivity index (χ0) is 13.2. The average Bonchev–Trinajstić information content (AvgIpc) is 2.32. The normalized spacial score (nSPS) is 24.9. The Labute approximate surface area is 110 Å². The summed E-state index contributed by atoms with van der Waals surface area (Å²) in [5, 5.41) is 9.89. The van der Waals surface area contributed by atoms with Gasteiger partial charge in [-0.05, 0) is 42.4 Å². The summed E-state index contributed by atoms with van der Waals surface area (Å²) in [5.74, 6) is 0.869. The van der Waals surface area contributed by atoms with Gasteiger partial charge in [-0.2, -0.15) is 0 Å². The van der Waals surface area contributed by atoms with E-state index in [1.54, 1.807) is 0 Å². The quantitative estimate of drug-likeness (QED) is 0.865. The highest BCUT2D eigenvalue weighted by atomic mass is 16.5. The Kier molecular flexibility index (Phi) is 3.96. The fraction of sp³-hybridized carbons (Fsp3) is 0.625. The first-order valence-corrected chi connectivity index (χ1v) is 6.92. The molecule has 1 saturated carbocycles. The second kappa shape index (κ2) is 5.31. The third-order valence-corrected chi connectivity index (χ3v) is 3.68. The Balaban J connectivity index is 2.02. The van der Waals surface area contributed by atoms with Gasteiger partial charge in [0.25, 0.3) is 0 Å². The van der Waals surface area contributed by atoms with E-state index >= 15 is 0 Å². The van der Waals surface area contributed by atoms with E-state index in [2.05, 4.69) is 32.9 Å². The molecule has 0 radical (unpaired) electrons. The van der Waals surface area contributed by atoms with Crippen LogP contribution in [-0.4, -0.2) is 17.3 Å². The molecule has 2 heteroatoms. The molecule has 1 aromatic rings. The van der Waals surface area contributed by atoms with E-state index in [-0.39, 0.29) is 17.6 Å². The molecule has 0 bridgehead atoms. The van der Waals surface area contributed by atoms with Gasteiger partial charge in [-0.3, -0.25) is 0 Å². The van der Waals surface area contributed by atoms with E-state index in [0.29, 0.717) is 0 Å². The van der Waals surface area contributed by atoms with Crippen molar-refractivity contribution in [1.29, 1.82) is 0 Å². The van der Waals surface area contributed by atoms with Crippen molar-refractivity contribution in [3.8, 4) is 5.75 Å². The van der Waals surface area contributed by atoms with Gasteiger partial charge in [0.1, 0.15) is 11.9 Å². The third kappa shape index (κ3) is 3.26. The molecular weight excluding hydrogens is 224 g/mol. The van der Waals surface area contributed by atoms with Crippen molar-refractivity contribution >= 4 is 0 Å². The molecule has 1 aromatic carbocycles. The monoisotopic (exact) mass is 248 g/mol. The third-order valence-electron chi connectivity index (χ3n) is 3.68. The molecule has 0 aliphatic heterocycles. The highest BCUT2D eigenvalue weighted by Gasteiger charge is 2.24. The summed E-state index contributed by atoms with van der Waals surface area (Å²) >= 11 is 0. The minimum atomic E-state index is -0.305. The largest absolute Gasteiger partial charge is 0.488 e. The molecule has 2 atom stereocenters. The Hall–Kier alpha value is -1.02. The number of hydrogen-bond acceptors (Lipinski definition) is 2. The summed E-state index contributed by atoms with van der Waals surface area (Å²) in [6, 6.07) is 8.26. The van der Waals surface area contributed by atoms with Gasteiger partial charge >= 0.3 is 0 Å². The molecule has 1 fully saturated rings. The summed E-state index contributed by atoms with van der Waals surface area (Å²) in [6.45, 7) is 6.61. The highest BCUT2D eigenvalue weighted by molar-refractivity contribution is 5.31. The van der Waals surface area contributed by atoms with Crippen molar-refractivity contribution in [3.63, 3.8) is 0 Å². The molecule has 100 valence electrons. The number of ether oxygens (including phenoxy) is 1. The predicted molar refractivity (Wildman–Crippen MR) is 74.0 cm³/mol. The first-order chi connectivity index (χ1) is 8.47. The van der Waals surface area contributed by atoms with Crippen LogP contribution in [0.15, 0.2) is 24.3 Å². The van der Waals surface area contributed by atoms with E-state index in [4.69, 9.17) is 4.74 Å². The summed E-state index contributed by atoms with van der Waals surface area (Å²) in [7, 11) is 0. The molecule has 1 aliphatic rings. The molecule has 0 aromatic heterocycles. The Bertz CT molecular complexity index is 375. The lowest BCUT2D eigenvalue weighted by Gasteiger charge is -2.28. The van der Waals surface area contributed by atoms with Crippen molar-refractivity contribution in [2.45, 2.75) is 64.1 Å². The van der Waals surface area contributed by atoms with Crippen LogP contribution in [-0.2, 0) is 5.41 Å². The number of aliphatic hydroxyl groups is 1. The minimum Gasteiger partial charge on any atom is -0.488 e. The average molecular weight is 248 g/mol. The van der Waals surface area contributed by atoms with E-state index in [1.807, 2.05) is 12.1 Å². The van der Waals surface area contributed by atoms with Crippen molar-refractivity contribution < 1.29 is 9.84 Å². The van der Waals surface area contributed by atoms with Crippen LogP contribution in [0.2, 0.25) is 0 Å². The summed E-state index contributed by atoms with van der Waals surface area (Å²) in [4.78, 5) is 0. The Morgan fingerprint density at radius 1 is 1.06 bits per heavy atom. The zero-order valence-corrected chi connectivity index (χ0v) is 11.6. The maximum absolute atomic E-state index is 9.89. The molecule has 2 nitrogen and oxygen atoms in total. The number of rotatable bonds is 2. The lowest BCUT2D eigenvalue weighted by molar-refractivity contribution is 0.00686. The molecule has 2 rings (SSSR count). The van der Waals surface area contributed by atoms with E-state index in [0.717, 1.165) is 31.4 Å². The lowest BCUT2D eigenvalue weighted by Crippen LogP contribution is -2.34. The highest BCUT2D eigenvalue weighted by Crippen LogP contribution is 2.27. The van der Waals surface area contributed by atoms with Crippen LogP contribution < -0.4 is 4.74 Å². The summed E-state index contributed by atoms with van der Waals surface area (Å²) in [6.07, 6.45) is 3.76. The summed E-state index contributed by atoms with van der Waals surface area (Å²) in [5.41, 5.74) is 1.47. The minimum absolute atomic E-state index is 0.0285. The van der Waals surface area contributed by atoms with Crippen LogP contribution in [0.5, 0.6) is 5.75 Å². The van der Waals surface area contributed by atoms with Crippen LogP contribution in [0.4, 0.5) is 0 Å². The van der Waals surface area contributed by atoms with Gasteiger partial charge in [0.15, 0.2) is 0 Å². The maximum atomic E-state index is 9.89. The smallest absolute Gasteiger partial charge is 0.124 e. The van der Waals surface area contributed by atoms with Gasteiger partial charge in [-0.25, -0.2) is 0 Å². The number of aliphatic hydroxyl groups excluding tert-OH is 1. The molecule has 1 N–H and O–H groups in total. The molecule has 0 saturated heterocycles. The van der Waals surface area contributed by atoms with Crippen molar-refractivity contribution in [3.05, 3.63) is 29.8 Å². The van der Waals surface area contributed by atoms with Crippen molar-refractivity contribution in [1.82, 2.24) is 0 Å². The molecule has 18 heavy (non-hydrogen) atoms. The first kappa shape index (κ1) is 13.4. The molecule has 0 heterocycles. The Morgan fingerprint density at radius 2 is 1.67 bits per heavy atom. The first-order valence-electron chi connectivity index (χ1n) is 6.92. The second-order valence-corrected chi connectivity index (χ2v) is 6.28. The van der Waals surface area contributed by atoms with Gasteiger partial charge in [-0.1, -0.05) is 39.3 Å². The van der Waals surface area contributed by atoms with Crippen LogP contribution in [0, 0.1) is 0 Å². The molecular formula is C16H24O2. The summed E-state index contributed by atoms with van der Waals surface area (Å²) < 4.78 is 5.89. The fourth-order valence-corrected chi connectivity index (χ4v) is 2.42. The SMILES string of the molecule is CC(C)(C)c1ccc(O[C@H]2CCCC[C@H]2O)cc1. The van der Waals surface area contributed by atoms with Gasteiger partial charge < -0.3 is 9.84 Å². The van der Waals surface area contributed by atoms with Crippen LogP contribution >= 0.6 is 0 Å². The molecule has 0 spiro atoms. The van der Waals surface area contributed by atoms with E-state index < -0.39 is 0 Å². The molecule has 0 unspecified atom stereocenters. The predicted octanol–water partition coefficient (Wildman–Crippen LogP) is 3.67. The van der Waals surface area contributed by atoms with Crippen molar-refractivity contribution in [2.24, 2.45) is 0 Å².